The Morgan fingerprint density at radius 2 is 1.68 bits per heavy atom. The number of hydrogen-bond acceptors (Lipinski definition) is 3. The quantitative estimate of drug-likeness (QED) is 0.944. The van der Waals surface area contributed by atoms with E-state index >= 15 is 0 Å². The first-order chi connectivity index (χ1) is 10.6. The van der Waals surface area contributed by atoms with E-state index in [2.05, 4.69) is 0 Å². The molecule has 0 spiro atoms. The van der Waals surface area contributed by atoms with Crippen LogP contribution in [0.15, 0.2) is 48.5 Å². The zero-order valence-electron chi connectivity index (χ0n) is 12.0. The van der Waals surface area contributed by atoms with Crippen molar-refractivity contribution < 1.29 is 13.9 Å². The predicted molar refractivity (Wildman–Crippen MR) is 82.5 cm³/mol. The van der Waals surface area contributed by atoms with Gasteiger partial charge in [-0.15, -0.1) is 0 Å². The molecule has 1 atom stereocenters. The third-order valence-corrected chi connectivity index (χ3v) is 3.80. The summed E-state index contributed by atoms with van der Waals surface area (Å²) in [7, 11) is 0. The number of carbonyl (C=O) groups excluding carboxylic acids is 1. The molecule has 1 amide bonds. The molecule has 1 unspecified atom stereocenters. The molecular formula is C17H17FN2O2. The highest BCUT2D eigenvalue weighted by Crippen LogP contribution is 2.29. The fourth-order valence-corrected chi connectivity index (χ4v) is 2.72. The number of nitrogens with two attached hydrogens (primary N) is 1. The molecular weight excluding hydrogens is 283 g/mol. The number of ether oxygens (including phenoxy) is 1. The molecule has 5 heteroatoms. The minimum Gasteiger partial charge on any atom is -0.457 e. The van der Waals surface area contributed by atoms with Gasteiger partial charge in [0.25, 0.3) is 0 Å². The first kappa shape index (κ1) is 14.4. The molecule has 3 rings (SSSR count). The van der Waals surface area contributed by atoms with Crippen LogP contribution in [0.3, 0.4) is 0 Å². The Kier molecular flexibility index (Phi) is 3.96. The maximum atomic E-state index is 12.9. The van der Waals surface area contributed by atoms with Gasteiger partial charge in [0.15, 0.2) is 0 Å². The van der Waals surface area contributed by atoms with Gasteiger partial charge in [-0.1, -0.05) is 0 Å². The van der Waals surface area contributed by atoms with Crippen LogP contribution in [0.5, 0.6) is 11.5 Å². The molecule has 4 nitrogen and oxygen atoms in total. The first-order valence-electron chi connectivity index (χ1n) is 7.23. The van der Waals surface area contributed by atoms with Crippen LogP contribution in [-0.2, 0) is 4.79 Å². The summed E-state index contributed by atoms with van der Waals surface area (Å²) in [4.78, 5) is 13.5. The van der Waals surface area contributed by atoms with E-state index in [0.29, 0.717) is 11.5 Å². The minimum atomic E-state index is -0.297. The highest BCUT2D eigenvalue weighted by Gasteiger charge is 2.28. The largest absolute Gasteiger partial charge is 0.457 e. The lowest BCUT2D eigenvalue weighted by molar-refractivity contribution is -0.119. The third-order valence-electron chi connectivity index (χ3n) is 3.80. The van der Waals surface area contributed by atoms with E-state index < -0.39 is 0 Å². The van der Waals surface area contributed by atoms with E-state index in [0.717, 1.165) is 25.1 Å². The molecule has 22 heavy (non-hydrogen) atoms. The zero-order valence-corrected chi connectivity index (χ0v) is 12.0. The number of anilines is 1. The van der Waals surface area contributed by atoms with Crippen molar-refractivity contribution in [1.82, 2.24) is 0 Å². The Bertz CT molecular complexity index is 655. The molecule has 1 fully saturated rings. The zero-order chi connectivity index (χ0) is 15.5. The number of hydrogen-bond donors (Lipinski definition) is 1. The molecule has 1 saturated heterocycles. The second kappa shape index (κ2) is 6.05. The van der Waals surface area contributed by atoms with Gasteiger partial charge in [-0.2, -0.15) is 0 Å². The van der Waals surface area contributed by atoms with Crippen molar-refractivity contribution in [2.45, 2.75) is 18.9 Å². The highest BCUT2D eigenvalue weighted by atomic mass is 19.1. The summed E-state index contributed by atoms with van der Waals surface area (Å²) >= 11 is 0. The summed E-state index contributed by atoms with van der Waals surface area (Å²) in [5, 5.41) is 0. The average molecular weight is 300 g/mol. The molecule has 0 aromatic heterocycles. The normalized spacial score (nSPS) is 17.5. The smallest absolute Gasteiger partial charge is 0.240 e. The van der Waals surface area contributed by atoms with Crippen molar-refractivity contribution in [3.63, 3.8) is 0 Å². The lowest BCUT2D eigenvalue weighted by Gasteiger charge is -2.24. The van der Waals surface area contributed by atoms with E-state index in [1.54, 1.807) is 12.1 Å². The van der Waals surface area contributed by atoms with Crippen molar-refractivity contribution in [2.75, 3.05) is 11.4 Å². The van der Waals surface area contributed by atoms with Crippen molar-refractivity contribution in [1.29, 1.82) is 0 Å². The Labute approximate surface area is 128 Å². The number of halogens is 1. The van der Waals surface area contributed by atoms with Crippen LogP contribution in [0.25, 0.3) is 0 Å². The van der Waals surface area contributed by atoms with Gasteiger partial charge in [-0.05, 0) is 61.4 Å². The number of nitrogens with zero attached hydrogens (tertiary/aromatic N) is 1. The van der Waals surface area contributed by atoms with E-state index in [1.165, 1.54) is 12.1 Å². The van der Waals surface area contributed by atoms with Crippen LogP contribution >= 0.6 is 0 Å². The SMILES string of the molecule is NC(=O)C1CCCN1c1ccc(Oc2ccc(F)cc2)cc1. The molecule has 0 saturated carbocycles. The van der Waals surface area contributed by atoms with E-state index in [9.17, 15) is 9.18 Å². The van der Waals surface area contributed by atoms with Gasteiger partial charge in [-0.25, -0.2) is 4.39 Å². The predicted octanol–water partition coefficient (Wildman–Crippen LogP) is 3.07. The lowest BCUT2D eigenvalue weighted by atomic mass is 10.2. The maximum Gasteiger partial charge on any atom is 0.240 e. The van der Waals surface area contributed by atoms with Gasteiger partial charge in [0.1, 0.15) is 23.4 Å². The monoisotopic (exact) mass is 300 g/mol. The Hall–Kier alpha value is -2.56. The molecule has 1 aliphatic heterocycles. The third kappa shape index (κ3) is 3.03. The van der Waals surface area contributed by atoms with Crippen LogP contribution in [0, 0.1) is 5.82 Å². The molecule has 114 valence electrons. The summed E-state index contributed by atoms with van der Waals surface area (Å²) in [5.74, 6) is 0.647. The molecule has 2 aromatic carbocycles. The maximum absolute atomic E-state index is 12.9. The van der Waals surface area contributed by atoms with E-state index in [4.69, 9.17) is 10.5 Å². The van der Waals surface area contributed by atoms with Gasteiger partial charge >= 0.3 is 0 Å². The van der Waals surface area contributed by atoms with Crippen LogP contribution in [0.2, 0.25) is 0 Å². The van der Waals surface area contributed by atoms with Gasteiger partial charge in [0.2, 0.25) is 5.91 Å². The van der Waals surface area contributed by atoms with Crippen molar-refractivity contribution in [2.24, 2.45) is 5.73 Å². The molecule has 2 aromatic rings. The number of rotatable bonds is 4. The van der Waals surface area contributed by atoms with Gasteiger partial charge in [0.05, 0.1) is 0 Å². The van der Waals surface area contributed by atoms with Crippen molar-refractivity contribution in [3.05, 3.63) is 54.3 Å². The number of primary amides is 1. The number of benzene rings is 2. The topological polar surface area (TPSA) is 55.6 Å². The van der Waals surface area contributed by atoms with Gasteiger partial charge < -0.3 is 15.4 Å². The van der Waals surface area contributed by atoms with Crippen molar-refractivity contribution in [3.8, 4) is 11.5 Å². The Morgan fingerprint density at radius 3 is 2.27 bits per heavy atom. The van der Waals surface area contributed by atoms with E-state index in [-0.39, 0.29) is 17.8 Å². The fourth-order valence-electron chi connectivity index (χ4n) is 2.72. The van der Waals surface area contributed by atoms with Crippen molar-refractivity contribution >= 4 is 11.6 Å². The number of carbonyl (C=O) groups is 1. The second-order valence-corrected chi connectivity index (χ2v) is 5.30. The molecule has 1 aliphatic rings. The summed E-state index contributed by atoms with van der Waals surface area (Å²) in [6.45, 7) is 0.825. The summed E-state index contributed by atoms with van der Waals surface area (Å²) in [6, 6.07) is 13.1. The molecule has 1 heterocycles. The first-order valence-corrected chi connectivity index (χ1v) is 7.23. The van der Waals surface area contributed by atoms with E-state index in [1.807, 2.05) is 29.2 Å². The summed E-state index contributed by atoms with van der Waals surface area (Å²) < 4.78 is 18.5. The number of amides is 1. The lowest BCUT2D eigenvalue weighted by Crippen LogP contribution is -2.40. The van der Waals surface area contributed by atoms with Gasteiger partial charge in [-0.3, -0.25) is 4.79 Å². The Morgan fingerprint density at radius 1 is 1.09 bits per heavy atom. The standard InChI is InChI=1S/C17H17FN2O2/c18-12-3-7-14(8-4-12)22-15-9-5-13(6-10-15)20-11-1-2-16(20)17(19)21/h3-10,16H,1-2,11H2,(H2,19,21). The average Bonchev–Trinajstić information content (AvgIpc) is 3.00. The molecule has 2 N–H and O–H groups in total. The summed E-state index contributed by atoms with van der Waals surface area (Å²) in [6.07, 6.45) is 1.75. The molecule has 0 aliphatic carbocycles. The van der Waals surface area contributed by atoms with Crippen LogP contribution in [-0.4, -0.2) is 18.5 Å². The molecule has 0 radical (unpaired) electrons. The Balaban J connectivity index is 1.72. The fraction of sp³-hybridized carbons (Fsp3) is 0.235. The highest BCUT2D eigenvalue weighted by molar-refractivity contribution is 5.84. The van der Waals surface area contributed by atoms with Crippen LogP contribution in [0.1, 0.15) is 12.8 Å². The van der Waals surface area contributed by atoms with Crippen LogP contribution in [0.4, 0.5) is 10.1 Å². The van der Waals surface area contributed by atoms with Gasteiger partial charge in [0, 0.05) is 12.2 Å². The molecule has 0 bridgehead atoms. The summed E-state index contributed by atoms with van der Waals surface area (Å²) in [5.41, 5.74) is 6.39. The second-order valence-electron chi connectivity index (χ2n) is 5.30. The van der Waals surface area contributed by atoms with Crippen LogP contribution < -0.4 is 15.4 Å². The minimum absolute atomic E-state index is 0.233.